The number of rotatable bonds is 5. The molecule has 0 spiro atoms. The molecule has 1 aliphatic rings. The number of hydrogen-bond donors (Lipinski definition) is 3. The number of amides is 1. The molecule has 1 aliphatic heterocycles. The highest BCUT2D eigenvalue weighted by Gasteiger charge is 2.34. The van der Waals surface area contributed by atoms with E-state index < -0.39 is 0 Å². The Morgan fingerprint density at radius 2 is 2.38 bits per heavy atom. The average Bonchev–Trinajstić information content (AvgIpc) is 2.27. The Labute approximate surface area is 97.8 Å². The molecule has 0 aliphatic carbocycles. The molecule has 0 aromatic heterocycles. The van der Waals surface area contributed by atoms with Gasteiger partial charge in [-0.05, 0) is 38.6 Å². The lowest BCUT2D eigenvalue weighted by molar-refractivity contribution is -0.131. The summed E-state index contributed by atoms with van der Waals surface area (Å²) >= 11 is 0. The first-order valence-corrected chi connectivity index (χ1v) is 6.18. The zero-order valence-corrected chi connectivity index (χ0v) is 10.4. The summed E-state index contributed by atoms with van der Waals surface area (Å²) in [6.45, 7) is 6.70. The molecule has 4 heteroatoms. The second kappa shape index (κ2) is 6.21. The molecule has 0 saturated carbocycles. The van der Waals surface area contributed by atoms with Crippen LogP contribution in [0.4, 0.5) is 0 Å². The van der Waals surface area contributed by atoms with Gasteiger partial charge in [0, 0.05) is 19.7 Å². The van der Waals surface area contributed by atoms with Gasteiger partial charge in [0.2, 0.25) is 5.91 Å². The fourth-order valence-electron chi connectivity index (χ4n) is 2.05. The zero-order chi connectivity index (χ0) is 12.0. The largest absolute Gasteiger partial charge is 0.396 e. The fraction of sp³-hybridized carbons (Fsp3) is 0.917. The molecule has 4 nitrogen and oxygen atoms in total. The first-order chi connectivity index (χ1) is 7.58. The number of nitrogens with one attached hydrogen (secondary N) is 2. The number of carbonyl (C=O) groups is 1. The van der Waals surface area contributed by atoms with Gasteiger partial charge in [0.05, 0.1) is 5.41 Å². The van der Waals surface area contributed by atoms with Crippen molar-refractivity contribution in [1.29, 1.82) is 0 Å². The Bertz CT molecular complexity index is 225. The predicted octanol–water partition coefficient (Wildman–Crippen LogP) is 0.511. The van der Waals surface area contributed by atoms with Crippen molar-refractivity contribution < 1.29 is 9.90 Å². The maximum Gasteiger partial charge on any atom is 0.227 e. The molecule has 3 N–H and O–H groups in total. The van der Waals surface area contributed by atoms with Gasteiger partial charge in [0.15, 0.2) is 0 Å². The number of hydrogen-bond acceptors (Lipinski definition) is 3. The molecule has 2 unspecified atom stereocenters. The Hall–Kier alpha value is -0.610. The van der Waals surface area contributed by atoms with Crippen molar-refractivity contribution in [3.63, 3.8) is 0 Å². The molecular weight excluding hydrogens is 204 g/mol. The minimum atomic E-state index is -0.253. The molecule has 1 saturated heterocycles. The van der Waals surface area contributed by atoms with E-state index in [0.717, 1.165) is 32.4 Å². The van der Waals surface area contributed by atoms with E-state index in [1.807, 2.05) is 13.8 Å². The van der Waals surface area contributed by atoms with E-state index in [9.17, 15) is 4.79 Å². The molecule has 1 rings (SSSR count). The van der Waals surface area contributed by atoms with Gasteiger partial charge in [0.25, 0.3) is 0 Å². The van der Waals surface area contributed by atoms with Crippen LogP contribution < -0.4 is 10.6 Å². The summed E-state index contributed by atoms with van der Waals surface area (Å²) in [6.07, 6.45) is 2.77. The van der Waals surface area contributed by atoms with Crippen LogP contribution in [0.2, 0.25) is 0 Å². The molecule has 2 atom stereocenters. The number of aliphatic hydroxyl groups is 1. The fourth-order valence-corrected chi connectivity index (χ4v) is 2.05. The van der Waals surface area contributed by atoms with Crippen LogP contribution in [-0.4, -0.2) is 37.3 Å². The molecule has 1 heterocycles. The van der Waals surface area contributed by atoms with E-state index in [1.54, 1.807) is 0 Å². The van der Waals surface area contributed by atoms with Gasteiger partial charge < -0.3 is 15.7 Å². The van der Waals surface area contributed by atoms with Gasteiger partial charge >= 0.3 is 0 Å². The maximum absolute atomic E-state index is 12.0. The first kappa shape index (κ1) is 13.5. The predicted molar refractivity (Wildman–Crippen MR) is 64.1 cm³/mol. The van der Waals surface area contributed by atoms with Crippen LogP contribution in [0.15, 0.2) is 0 Å². The molecule has 1 amide bonds. The highest BCUT2D eigenvalue weighted by Crippen LogP contribution is 2.25. The third-order valence-electron chi connectivity index (χ3n) is 3.38. The van der Waals surface area contributed by atoms with Crippen molar-refractivity contribution in [1.82, 2.24) is 10.6 Å². The summed E-state index contributed by atoms with van der Waals surface area (Å²) in [4.78, 5) is 12.0. The van der Waals surface area contributed by atoms with Crippen LogP contribution in [0.5, 0.6) is 0 Å². The minimum absolute atomic E-state index is 0.143. The van der Waals surface area contributed by atoms with E-state index >= 15 is 0 Å². The van der Waals surface area contributed by atoms with Gasteiger partial charge in [-0.25, -0.2) is 0 Å². The molecule has 16 heavy (non-hydrogen) atoms. The highest BCUT2D eigenvalue weighted by molar-refractivity contribution is 5.82. The van der Waals surface area contributed by atoms with Crippen molar-refractivity contribution in [3.8, 4) is 0 Å². The van der Waals surface area contributed by atoms with Crippen molar-refractivity contribution in [2.24, 2.45) is 11.3 Å². The molecular formula is C12H24N2O2. The Balaban J connectivity index is 2.33. The minimum Gasteiger partial charge on any atom is -0.396 e. The van der Waals surface area contributed by atoms with E-state index in [0.29, 0.717) is 12.5 Å². The van der Waals surface area contributed by atoms with E-state index in [2.05, 4.69) is 10.6 Å². The number of piperidine rings is 1. The van der Waals surface area contributed by atoms with Gasteiger partial charge in [-0.1, -0.05) is 6.92 Å². The Kier molecular flexibility index (Phi) is 5.22. The number of aliphatic hydroxyl groups excluding tert-OH is 1. The maximum atomic E-state index is 12.0. The summed E-state index contributed by atoms with van der Waals surface area (Å²) in [5, 5.41) is 15.0. The molecule has 0 aromatic rings. The molecule has 0 bridgehead atoms. The summed E-state index contributed by atoms with van der Waals surface area (Å²) in [5.41, 5.74) is -0.253. The standard InChI is InChI=1S/C12H24N2O2/c1-10(4-7-15)8-14-11(16)12(2)5-3-6-13-9-12/h10,13,15H,3-9H2,1-2H3,(H,14,16). The molecule has 0 radical (unpaired) electrons. The van der Waals surface area contributed by atoms with Gasteiger partial charge in [-0.15, -0.1) is 0 Å². The highest BCUT2D eigenvalue weighted by atomic mass is 16.3. The smallest absolute Gasteiger partial charge is 0.227 e. The quantitative estimate of drug-likeness (QED) is 0.642. The summed E-state index contributed by atoms with van der Waals surface area (Å²) in [5.74, 6) is 0.485. The van der Waals surface area contributed by atoms with Crippen molar-refractivity contribution >= 4 is 5.91 Å². The van der Waals surface area contributed by atoms with Crippen molar-refractivity contribution in [2.75, 3.05) is 26.2 Å². The zero-order valence-electron chi connectivity index (χ0n) is 10.4. The van der Waals surface area contributed by atoms with E-state index in [-0.39, 0.29) is 17.9 Å². The Morgan fingerprint density at radius 1 is 1.62 bits per heavy atom. The topological polar surface area (TPSA) is 61.4 Å². The average molecular weight is 228 g/mol. The Morgan fingerprint density at radius 3 is 2.94 bits per heavy atom. The van der Waals surface area contributed by atoms with Crippen LogP contribution in [0, 0.1) is 11.3 Å². The molecule has 0 aromatic carbocycles. The van der Waals surface area contributed by atoms with Crippen LogP contribution in [0.25, 0.3) is 0 Å². The van der Waals surface area contributed by atoms with Gasteiger partial charge in [-0.3, -0.25) is 4.79 Å². The third-order valence-corrected chi connectivity index (χ3v) is 3.38. The summed E-state index contributed by atoms with van der Waals surface area (Å²) < 4.78 is 0. The van der Waals surface area contributed by atoms with Crippen LogP contribution in [0.1, 0.15) is 33.1 Å². The van der Waals surface area contributed by atoms with Crippen molar-refractivity contribution in [2.45, 2.75) is 33.1 Å². The lowest BCUT2D eigenvalue weighted by atomic mass is 9.82. The normalized spacial score (nSPS) is 27.4. The van der Waals surface area contributed by atoms with Gasteiger partial charge in [-0.2, -0.15) is 0 Å². The first-order valence-electron chi connectivity index (χ1n) is 6.18. The SMILES string of the molecule is CC(CCO)CNC(=O)C1(C)CCCNC1. The van der Waals surface area contributed by atoms with Crippen molar-refractivity contribution in [3.05, 3.63) is 0 Å². The second-order valence-electron chi connectivity index (χ2n) is 5.17. The third kappa shape index (κ3) is 3.76. The van der Waals surface area contributed by atoms with Gasteiger partial charge in [0.1, 0.15) is 0 Å². The summed E-state index contributed by atoms with van der Waals surface area (Å²) in [7, 11) is 0. The number of carbonyl (C=O) groups excluding carboxylic acids is 1. The van der Waals surface area contributed by atoms with Crippen LogP contribution in [0.3, 0.4) is 0 Å². The monoisotopic (exact) mass is 228 g/mol. The van der Waals surface area contributed by atoms with E-state index in [1.165, 1.54) is 0 Å². The lowest BCUT2D eigenvalue weighted by Crippen LogP contribution is -2.49. The second-order valence-corrected chi connectivity index (χ2v) is 5.17. The lowest BCUT2D eigenvalue weighted by Gasteiger charge is -2.33. The molecule has 94 valence electrons. The molecule has 1 fully saturated rings. The van der Waals surface area contributed by atoms with E-state index in [4.69, 9.17) is 5.11 Å². The van der Waals surface area contributed by atoms with Crippen LogP contribution >= 0.6 is 0 Å². The van der Waals surface area contributed by atoms with Crippen LogP contribution in [-0.2, 0) is 4.79 Å². The summed E-state index contributed by atoms with van der Waals surface area (Å²) in [6, 6.07) is 0.